The van der Waals surface area contributed by atoms with Gasteiger partial charge in [-0.25, -0.2) is 0 Å². The van der Waals surface area contributed by atoms with Gasteiger partial charge in [0.25, 0.3) is 5.91 Å². The molecule has 0 aliphatic rings. The zero-order valence-corrected chi connectivity index (χ0v) is 18.8. The van der Waals surface area contributed by atoms with Gasteiger partial charge in [0.2, 0.25) is 5.91 Å². The lowest BCUT2D eigenvalue weighted by Gasteiger charge is -2.14. The van der Waals surface area contributed by atoms with Crippen LogP contribution in [0.15, 0.2) is 59.8 Å². The number of hydrogen-bond donors (Lipinski definition) is 2. The molecule has 0 aliphatic heterocycles. The monoisotopic (exact) mass is 437 g/mol. The summed E-state index contributed by atoms with van der Waals surface area (Å²) in [6.07, 6.45) is 0.795. The molecule has 0 spiro atoms. The van der Waals surface area contributed by atoms with Crippen LogP contribution >= 0.6 is 11.8 Å². The Morgan fingerprint density at radius 1 is 1.10 bits per heavy atom. The molecule has 3 aromatic rings. The molecule has 0 saturated carbocycles. The third-order valence-electron chi connectivity index (χ3n) is 4.79. The SMILES string of the molecule is Cc1cccc(C(=O)N[C@H](C)c2nnc(SCC(=O)NCCc3ccccc3)n2C)c1. The van der Waals surface area contributed by atoms with E-state index in [0.717, 1.165) is 12.0 Å². The maximum atomic E-state index is 12.5. The van der Waals surface area contributed by atoms with Gasteiger partial charge in [0.05, 0.1) is 11.8 Å². The number of rotatable bonds is 9. The molecule has 0 bridgehead atoms. The molecule has 3 rings (SSSR count). The minimum atomic E-state index is -0.320. The molecule has 2 aromatic carbocycles. The Kier molecular flexibility index (Phi) is 7.83. The molecule has 1 aromatic heterocycles. The number of hydrogen-bond acceptors (Lipinski definition) is 5. The molecule has 7 nitrogen and oxygen atoms in total. The lowest BCUT2D eigenvalue weighted by atomic mass is 10.1. The highest BCUT2D eigenvalue weighted by molar-refractivity contribution is 7.99. The number of nitrogens with one attached hydrogen (secondary N) is 2. The van der Waals surface area contributed by atoms with Crippen molar-refractivity contribution in [1.82, 2.24) is 25.4 Å². The van der Waals surface area contributed by atoms with Crippen molar-refractivity contribution in [3.63, 3.8) is 0 Å². The highest BCUT2D eigenvalue weighted by Gasteiger charge is 2.19. The molecule has 0 fully saturated rings. The van der Waals surface area contributed by atoms with Gasteiger partial charge in [0.15, 0.2) is 11.0 Å². The normalized spacial score (nSPS) is 11.7. The van der Waals surface area contributed by atoms with Crippen LogP contribution in [0.5, 0.6) is 0 Å². The number of amides is 2. The first kappa shape index (κ1) is 22.6. The average Bonchev–Trinajstić information content (AvgIpc) is 3.13. The summed E-state index contributed by atoms with van der Waals surface area (Å²) in [7, 11) is 1.83. The van der Waals surface area contributed by atoms with Crippen molar-refractivity contribution in [2.75, 3.05) is 12.3 Å². The van der Waals surface area contributed by atoms with Crippen molar-refractivity contribution in [1.29, 1.82) is 0 Å². The topological polar surface area (TPSA) is 88.9 Å². The summed E-state index contributed by atoms with van der Waals surface area (Å²) >= 11 is 1.32. The molecule has 31 heavy (non-hydrogen) atoms. The van der Waals surface area contributed by atoms with Crippen LogP contribution in [0.3, 0.4) is 0 Å². The molecule has 0 unspecified atom stereocenters. The quantitative estimate of drug-likeness (QED) is 0.502. The molecule has 8 heteroatoms. The van der Waals surface area contributed by atoms with Crippen molar-refractivity contribution in [3.8, 4) is 0 Å². The molecule has 2 amide bonds. The van der Waals surface area contributed by atoms with Crippen molar-refractivity contribution >= 4 is 23.6 Å². The summed E-state index contributed by atoms with van der Waals surface area (Å²) in [6, 6.07) is 17.1. The van der Waals surface area contributed by atoms with Gasteiger partial charge in [0, 0.05) is 19.2 Å². The first-order valence-corrected chi connectivity index (χ1v) is 11.1. The van der Waals surface area contributed by atoms with Gasteiger partial charge >= 0.3 is 0 Å². The van der Waals surface area contributed by atoms with Crippen LogP contribution in [-0.2, 0) is 18.3 Å². The van der Waals surface area contributed by atoms with Crippen LogP contribution in [0, 0.1) is 6.92 Å². The van der Waals surface area contributed by atoms with Crippen LogP contribution in [0.4, 0.5) is 0 Å². The van der Waals surface area contributed by atoms with E-state index in [2.05, 4.69) is 20.8 Å². The van der Waals surface area contributed by atoms with Crippen LogP contribution < -0.4 is 10.6 Å². The van der Waals surface area contributed by atoms with E-state index in [4.69, 9.17) is 0 Å². The third kappa shape index (κ3) is 6.42. The molecular formula is C23H27N5O2S. The first-order valence-electron chi connectivity index (χ1n) is 10.1. The number of thioether (sulfide) groups is 1. The number of aryl methyl sites for hydroxylation is 1. The number of carbonyl (C=O) groups is 2. The summed E-state index contributed by atoms with van der Waals surface area (Å²) < 4.78 is 1.81. The number of nitrogens with zero attached hydrogens (tertiary/aromatic N) is 3. The Labute approximate surface area is 186 Å². The Balaban J connectivity index is 1.48. The first-order chi connectivity index (χ1) is 14.9. The summed E-state index contributed by atoms with van der Waals surface area (Å²) in [5.41, 5.74) is 2.82. The molecule has 162 valence electrons. The maximum Gasteiger partial charge on any atom is 0.251 e. The van der Waals surface area contributed by atoms with Crippen LogP contribution in [0.1, 0.15) is 40.3 Å². The van der Waals surface area contributed by atoms with Gasteiger partial charge in [0.1, 0.15) is 0 Å². The van der Waals surface area contributed by atoms with Crippen molar-refractivity contribution in [3.05, 3.63) is 77.1 Å². The van der Waals surface area contributed by atoms with Gasteiger partial charge in [-0.1, -0.05) is 59.8 Å². The van der Waals surface area contributed by atoms with E-state index >= 15 is 0 Å². The van der Waals surface area contributed by atoms with E-state index in [-0.39, 0.29) is 23.6 Å². The average molecular weight is 438 g/mol. The van der Waals surface area contributed by atoms with E-state index < -0.39 is 0 Å². The minimum Gasteiger partial charge on any atom is -0.355 e. The maximum absolute atomic E-state index is 12.5. The highest BCUT2D eigenvalue weighted by atomic mass is 32.2. The molecule has 2 N–H and O–H groups in total. The third-order valence-corrected chi connectivity index (χ3v) is 5.82. The molecule has 0 aliphatic carbocycles. The van der Waals surface area contributed by atoms with E-state index in [0.29, 0.717) is 23.1 Å². The van der Waals surface area contributed by atoms with Crippen LogP contribution in [0.25, 0.3) is 0 Å². The minimum absolute atomic E-state index is 0.0497. The summed E-state index contributed by atoms with van der Waals surface area (Å²) in [5, 5.41) is 14.9. The molecule has 1 heterocycles. The lowest BCUT2D eigenvalue weighted by molar-refractivity contribution is -0.118. The van der Waals surface area contributed by atoms with E-state index in [1.165, 1.54) is 17.3 Å². The zero-order chi connectivity index (χ0) is 22.2. The molecule has 1 atom stereocenters. The highest BCUT2D eigenvalue weighted by Crippen LogP contribution is 2.19. The van der Waals surface area contributed by atoms with Gasteiger partial charge < -0.3 is 15.2 Å². The molecular weight excluding hydrogens is 410 g/mol. The van der Waals surface area contributed by atoms with E-state index in [1.807, 2.05) is 74.0 Å². The largest absolute Gasteiger partial charge is 0.355 e. The van der Waals surface area contributed by atoms with Gasteiger partial charge in [-0.05, 0) is 38.0 Å². The van der Waals surface area contributed by atoms with E-state index in [1.54, 1.807) is 6.07 Å². The zero-order valence-electron chi connectivity index (χ0n) is 18.0. The smallest absolute Gasteiger partial charge is 0.251 e. The van der Waals surface area contributed by atoms with Gasteiger partial charge in [-0.3, -0.25) is 9.59 Å². The summed E-state index contributed by atoms with van der Waals surface area (Å²) in [5.74, 6) is 0.676. The second-order valence-electron chi connectivity index (χ2n) is 7.34. The molecule has 0 radical (unpaired) electrons. The second-order valence-corrected chi connectivity index (χ2v) is 8.28. The van der Waals surface area contributed by atoms with Crippen molar-refractivity contribution < 1.29 is 9.59 Å². The Morgan fingerprint density at radius 3 is 2.61 bits per heavy atom. The summed E-state index contributed by atoms with van der Waals surface area (Å²) in [4.78, 5) is 24.6. The Morgan fingerprint density at radius 2 is 1.87 bits per heavy atom. The fourth-order valence-corrected chi connectivity index (χ4v) is 3.88. The fraction of sp³-hybridized carbons (Fsp3) is 0.304. The van der Waals surface area contributed by atoms with Gasteiger partial charge in [-0.15, -0.1) is 10.2 Å². The predicted octanol–water partition coefficient (Wildman–Crippen LogP) is 3.07. The van der Waals surface area contributed by atoms with Crippen LogP contribution in [0.2, 0.25) is 0 Å². The predicted molar refractivity (Wildman–Crippen MR) is 122 cm³/mol. The van der Waals surface area contributed by atoms with Crippen LogP contribution in [-0.4, -0.2) is 38.9 Å². The van der Waals surface area contributed by atoms with E-state index in [9.17, 15) is 9.59 Å². The lowest BCUT2D eigenvalue weighted by Crippen LogP contribution is -2.28. The standard InChI is InChI=1S/C23H27N5O2S/c1-16-8-7-11-19(14-16)22(30)25-17(2)21-26-27-23(28(21)3)31-15-20(29)24-13-12-18-9-5-4-6-10-18/h4-11,14,17H,12-13,15H2,1-3H3,(H,24,29)(H,25,30)/t17-/m1/s1. The number of benzene rings is 2. The summed E-state index contributed by atoms with van der Waals surface area (Å²) in [6.45, 7) is 4.40. The fourth-order valence-electron chi connectivity index (χ4n) is 3.13. The van der Waals surface area contributed by atoms with Crippen molar-refractivity contribution in [2.24, 2.45) is 7.05 Å². The number of aromatic nitrogens is 3. The molecule has 0 saturated heterocycles. The van der Waals surface area contributed by atoms with Crippen molar-refractivity contribution in [2.45, 2.75) is 31.5 Å². The second kappa shape index (κ2) is 10.8. The Bertz CT molecular complexity index is 1040. The number of carbonyl (C=O) groups excluding carboxylic acids is 2. The van der Waals surface area contributed by atoms with Gasteiger partial charge in [-0.2, -0.15) is 0 Å². The Hall–Kier alpha value is -3.13.